The van der Waals surface area contributed by atoms with Gasteiger partial charge in [-0.15, -0.1) is 0 Å². The second-order valence-corrected chi connectivity index (χ2v) is 4.06. The zero-order valence-corrected chi connectivity index (χ0v) is 9.80. The number of aliphatic hydroxyl groups is 2. The lowest BCUT2D eigenvalue weighted by molar-refractivity contribution is -0.197. The molecule has 0 aliphatic carbocycles. The number of carboxylic acid groups (broad SMARTS) is 1. The van der Waals surface area contributed by atoms with E-state index in [1.54, 1.807) is 18.2 Å². The average Bonchev–Trinajstić information content (AvgIpc) is 2.15. The summed E-state index contributed by atoms with van der Waals surface area (Å²) >= 11 is 1.94. The molecule has 0 atom stereocenters. The van der Waals surface area contributed by atoms with Crippen LogP contribution in [0, 0.1) is 3.57 Å². The number of benzene rings is 1. The first kappa shape index (κ1) is 12.4. The standard InChI is InChI=1S/C9H10INO4/c10-7-4-2-1-3-6(7)9(14,15)11-5-8(12)13/h1-4,11,14-15H,5H2,(H,12,13). The summed E-state index contributed by atoms with van der Waals surface area (Å²) in [5.41, 5.74) is 0.229. The van der Waals surface area contributed by atoms with E-state index in [9.17, 15) is 15.0 Å². The number of carbonyl (C=O) groups is 1. The molecule has 0 aliphatic heterocycles. The van der Waals surface area contributed by atoms with Gasteiger partial charge in [-0.1, -0.05) is 18.2 Å². The minimum absolute atomic E-state index is 0.229. The third-order valence-electron chi connectivity index (χ3n) is 1.74. The molecule has 6 heteroatoms. The van der Waals surface area contributed by atoms with Gasteiger partial charge in [-0.05, 0) is 28.7 Å². The molecule has 15 heavy (non-hydrogen) atoms. The lowest BCUT2D eigenvalue weighted by Crippen LogP contribution is -2.45. The van der Waals surface area contributed by atoms with Crippen LogP contribution in [0.1, 0.15) is 5.56 Å². The van der Waals surface area contributed by atoms with Crippen molar-refractivity contribution in [3.05, 3.63) is 33.4 Å². The zero-order chi connectivity index (χ0) is 11.5. The monoisotopic (exact) mass is 323 g/mol. The van der Waals surface area contributed by atoms with E-state index in [0.717, 1.165) is 0 Å². The number of aliphatic carboxylic acids is 1. The lowest BCUT2D eigenvalue weighted by Gasteiger charge is -2.23. The molecule has 0 unspecified atom stereocenters. The molecule has 0 spiro atoms. The molecule has 0 heterocycles. The van der Waals surface area contributed by atoms with Crippen LogP contribution >= 0.6 is 22.6 Å². The van der Waals surface area contributed by atoms with Gasteiger partial charge in [-0.2, -0.15) is 0 Å². The Bertz CT molecular complexity index is 367. The fourth-order valence-electron chi connectivity index (χ4n) is 1.04. The van der Waals surface area contributed by atoms with Crippen molar-refractivity contribution in [2.75, 3.05) is 6.54 Å². The minimum Gasteiger partial charge on any atom is -0.480 e. The van der Waals surface area contributed by atoms with Crippen molar-refractivity contribution >= 4 is 28.6 Å². The van der Waals surface area contributed by atoms with Gasteiger partial charge in [0.15, 0.2) is 0 Å². The molecule has 0 aliphatic rings. The van der Waals surface area contributed by atoms with Crippen molar-refractivity contribution < 1.29 is 20.1 Å². The zero-order valence-electron chi connectivity index (χ0n) is 7.64. The van der Waals surface area contributed by atoms with Gasteiger partial charge in [0, 0.05) is 9.13 Å². The Hall–Kier alpha value is -0.700. The van der Waals surface area contributed by atoms with Crippen LogP contribution in [0.3, 0.4) is 0 Å². The molecule has 4 N–H and O–H groups in total. The van der Waals surface area contributed by atoms with Crippen LogP contribution in [0.4, 0.5) is 0 Å². The van der Waals surface area contributed by atoms with Gasteiger partial charge >= 0.3 is 5.97 Å². The molecule has 1 aromatic carbocycles. The van der Waals surface area contributed by atoms with Crippen LogP contribution in [-0.2, 0) is 10.7 Å². The van der Waals surface area contributed by atoms with Gasteiger partial charge in [0.2, 0.25) is 0 Å². The molecule has 0 saturated carbocycles. The Balaban J connectivity index is 2.85. The summed E-state index contributed by atoms with van der Waals surface area (Å²) < 4.78 is 0.637. The van der Waals surface area contributed by atoms with E-state index in [4.69, 9.17) is 5.11 Å². The third-order valence-corrected chi connectivity index (χ3v) is 2.68. The van der Waals surface area contributed by atoms with Crippen LogP contribution in [0.15, 0.2) is 24.3 Å². The number of hydrogen-bond acceptors (Lipinski definition) is 4. The summed E-state index contributed by atoms with van der Waals surface area (Å²) in [6.07, 6.45) is 0. The highest BCUT2D eigenvalue weighted by atomic mass is 127. The topological polar surface area (TPSA) is 89.8 Å². The summed E-state index contributed by atoms with van der Waals surface area (Å²) in [6, 6.07) is 6.59. The van der Waals surface area contributed by atoms with Gasteiger partial charge in [0.05, 0.1) is 6.54 Å². The maximum absolute atomic E-state index is 10.3. The number of hydrogen-bond donors (Lipinski definition) is 4. The minimum atomic E-state index is -2.32. The van der Waals surface area contributed by atoms with Gasteiger partial charge in [-0.3, -0.25) is 10.1 Å². The third kappa shape index (κ3) is 3.42. The number of carboxylic acids is 1. The van der Waals surface area contributed by atoms with Crippen molar-refractivity contribution in [3.63, 3.8) is 0 Å². The van der Waals surface area contributed by atoms with E-state index in [1.807, 2.05) is 22.6 Å². The highest BCUT2D eigenvalue weighted by Crippen LogP contribution is 2.20. The van der Waals surface area contributed by atoms with Crippen LogP contribution in [0.5, 0.6) is 0 Å². The first-order valence-corrected chi connectivity index (χ1v) is 5.18. The molecule has 0 aromatic heterocycles. The second-order valence-electron chi connectivity index (χ2n) is 2.90. The maximum Gasteiger partial charge on any atom is 0.317 e. The fourth-order valence-corrected chi connectivity index (χ4v) is 1.80. The van der Waals surface area contributed by atoms with Crippen LogP contribution < -0.4 is 5.32 Å². The predicted molar refractivity (Wildman–Crippen MR) is 60.9 cm³/mol. The first-order valence-electron chi connectivity index (χ1n) is 4.10. The van der Waals surface area contributed by atoms with Crippen molar-refractivity contribution in [3.8, 4) is 0 Å². The Morgan fingerprint density at radius 1 is 1.40 bits per heavy atom. The van der Waals surface area contributed by atoms with Gasteiger partial charge in [0.1, 0.15) is 0 Å². The molecule has 0 saturated heterocycles. The Labute approximate surface area is 99.9 Å². The molecule has 0 bridgehead atoms. The van der Waals surface area contributed by atoms with Crippen LogP contribution in [0.25, 0.3) is 0 Å². The van der Waals surface area contributed by atoms with Crippen LogP contribution in [0.2, 0.25) is 0 Å². The average molecular weight is 323 g/mol. The molecule has 82 valence electrons. The summed E-state index contributed by atoms with van der Waals surface area (Å²) in [5.74, 6) is -3.48. The molecule has 0 amide bonds. The molecular weight excluding hydrogens is 313 g/mol. The van der Waals surface area contributed by atoms with E-state index in [1.165, 1.54) is 6.07 Å². The molecule has 5 nitrogen and oxygen atoms in total. The second kappa shape index (κ2) is 4.88. The lowest BCUT2D eigenvalue weighted by atomic mass is 10.1. The predicted octanol–water partition coefficient (Wildman–Crippen LogP) is 0.0603. The van der Waals surface area contributed by atoms with E-state index in [-0.39, 0.29) is 5.56 Å². The largest absolute Gasteiger partial charge is 0.480 e. The Morgan fingerprint density at radius 3 is 2.53 bits per heavy atom. The molecule has 1 aromatic rings. The molecule has 0 radical (unpaired) electrons. The SMILES string of the molecule is O=C(O)CNC(O)(O)c1ccccc1I. The summed E-state index contributed by atoms with van der Waals surface area (Å²) in [4.78, 5) is 10.3. The molecular formula is C9H10INO4. The van der Waals surface area contributed by atoms with Gasteiger partial charge < -0.3 is 15.3 Å². The van der Waals surface area contributed by atoms with Crippen molar-refractivity contribution in [1.29, 1.82) is 0 Å². The van der Waals surface area contributed by atoms with Gasteiger partial charge in [-0.25, -0.2) is 0 Å². The quantitative estimate of drug-likeness (QED) is 0.465. The number of nitrogens with one attached hydrogen (secondary N) is 1. The van der Waals surface area contributed by atoms with Crippen molar-refractivity contribution in [2.24, 2.45) is 0 Å². The Morgan fingerprint density at radius 2 is 2.00 bits per heavy atom. The van der Waals surface area contributed by atoms with E-state index < -0.39 is 18.4 Å². The van der Waals surface area contributed by atoms with E-state index in [2.05, 4.69) is 5.32 Å². The highest BCUT2D eigenvalue weighted by molar-refractivity contribution is 14.1. The van der Waals surface area contributed by atoms with E-state index >= 15 is 0 Å². The molecule has 1 rings (SSSR count). The molecule has 0 fully saturated rings. The summed E-state index contributed by atoms with van der Waals surface area (Å²) in [5, 5.41) is 29.7. The fraction of sp³-hybridized carbons (Fsp3) is 0.222. The van der Waals surface area contributed by atoms with E-state index in [0.29, 0.717) is 3.57 Å². The maximum atomic E-state index is 10.3. The highest BCUT2D eigenvalue weighted by Gasteiger charge is 2.27. The van der Waals surface area contributed by atoms with Crippen molar-refractivity contribution in [1.82, 2.24) is 5.32 Å². The van der Waals surface area contributed by atoms with Crippen molar-refractivity contribution in [2.45, 2.75) is 5.91 Å². The number of rotatable bonds is 4. The summed E-state index contributed by atoms with van der Waals surface area (Å²) in [6.45, 7) is -0.530. The van der Waals surface area contributed by atoms with Crippen LogP contribution in [-0.4, -0.2) is 27.8 Å². The van der Waals surface area contributed by atoms with Gasteiger partial charge in [0.25, 0.3) is 5.91 Å². The normalized spacial score (nSPS) is 11.4. The first-order chi connectivity index (χ1) is 6.93. The Kier molecular flexibility index (Phi) is 4.03. The summed E-state index contributed by atoms with van der Waals surface area (Å²) in [7, 11) is 0. The number of halogens is 1. The smallest absolute Gasteiger partial charge is 0.317 e.